The molecule has 0 N–H and O–H groups in total. The van der Waals surface area contributed by atoms with Crippen LogP contribution in [-0.2, 0) is 6.54 Å². The van der Waals surface area contributed by atoms with E-state index in [0.29, 0.717) is 34.5 Å². The lowest BCUT2D eigenvalue weighted by Gasteiger charge is -2.36. The average Bonchev–Trinajstić information content (AvgIpc) is 2.70. The summed E-state index contributed by atoms with van der Waals surface area (Å²) in [6.07, 6.45) is 3.77. The van der Waals surface area contributed by atoms with E-state index in [2.05, 4.69) is 15.0 Å². The molecule has 0 amide bonds. The molecule has 0 saturated carbocycles. The number of nitrogens with zero attached hydrogens (tertiary/aromatic N) is 5. The van der Waals surface area contributed by atoms with Gasteiger partial charge in [0.25, 0.3) is 5.56 Å². The van der Waals surface area contributed by atoms with Crippen LogP contribution in [0.15, 0.2) is 53.7 Å². The maximum absolute atomic E-state index is 12.8. The summed E-state index contributed by atoms with van der Waals surface area (Å²) in [5, 5.41) is 0.512. The van der Waals surface area contributed by atoms with Gasteiger partial charge >= 0.3 is 0 Å². The molecule has 28 heavy (non-hydrogen) atoms. The molecular formula is C20H18ClN5O2. The second-order valence-corrected chi connectivity index (χ2v) is 7.16. The number of Topliss-reactive ketones (excluding diaryl/α,β-unsaturated/α-hetero) is 1. The van der Waals surface area contributed by atoms with Crippen molar-refractivity contribution in [1.82, 2.24) is 19.5 Å². The van der Waals surface area contributed by atoms with Crippen molar-refractivity contribution in [1.29, 1.82) is 0 Å². The Morgan fingerprint density at radius 1 is 1.25 bits per heavy atom. The molecule has 0 spiro atoms. The van der Waals surface area contributed by atoms with E-state index < -0.39 is 0 Å². The highest BCUT2D eigenvalue weighted by Gasteiger charge is 2.28. The lowest BCUT2D eigenvalue weighted by molar-refractivity contribution is 0.0994. The Balaban J connectivity index is 1.73. The number of hydrogen-bond acceptors (Lipinski definition) is 6. The van der Waals surface area contributed by atoms with Gasteiger partial charge in [-0.15, -0.1) is 0 Å². The van der Waals surface area contributed by atoms with Crippen LogP contribution in [0, 0.1) is 0 Å². The number of carbonyl (C=O) groups excluding carboxylic acids is 1. The Hall–Kier alpha value is -3.06. The van der Waals surface area contributed by atoms with Crippen molar-refractivity contribution in [2.24, 2.45) is 0 Å². The molecule has 8 heteroatoms. The van der Waals surface area contributed by atoms with Gasteiger partial charge in [0, 0.05) is 35.4 Å². The standard InChI is InChI=1S/C20H18ClN5O2/c1-13-6-8-25-19(28)10-17(16-5-7-22-12-23-16)24-20(25)26(13)11-18(27)14-3-2-4-15(21)9-14/h2-5,7,9-10,12-13H,6,8,11H2,1H3. The van der Waals surface area contributed by atoms with Gasteiger partial charge in [-0.3, -0.25) is 14.2 Å². The topological polar surface area (TPSA) is 81.0 Å². The van der Waals surface area contributed by atoms with Crippen LogP contribution in [0.25, 0.3) is 11.4 Å². The third-order valence-electron chi connectivity index (χ3n) is 4.85. The fraction of sp³-hybridized carbons (Fsp3) is 0.250. The van der Waals surface area contributed by atoms with Gasteiger partial charge in [0.05, 0.1) is 17.9 Å². The molecule has 1 aliphatic heterocycles. The first-order chi connectivity index (χ1) is 13.5. The number of hydrogen-bond donors (Lipinski definition) is 0. The van der Waals surface area contributed by atoms with E-state index >= 15 is 0 Å². The average molecular weight is 396 g/mol. The number of benzene rings is 1. The van der Waals surface area contributed by atoms with Gasteiger partial charge in [-0.25, -0.2) is 15.0 Å². The molecule has 1 aliphatic rings. The number of fused-ring (bicyclic) bond motifs is 1. The minimum Gasteiger partial charge on any atom is -0.332 e. The van der Waals surface area contributed by atoms with Crippen LogP contribution in [0.4, 0.5) is 5.95 Å². The van der Waals surface area contributed by atoms with Crippen LogP contribution in [-0.4, -0.2) is 37.9 Å². The number of halogens is 1. The maximum Gasteiger partial charge on any atom is 0.255 e. The van der Waals surface area contributed by atoms with Gasteiger partial charge < -0.3 is 4.90 Å². The quantitative estimate of drug-likeness (QED) is 0.632. The Kier molecular flexibility index (Phi) is 4.92. The third kappa shape index (κ3) is 3.53. The Bertz CT molecular complexity index is 1080. The SMILES string of the molecule is CC1CCn2c(nc(-c3ccncn3)cc2=O)N1CC(=O)c1cccc(Cl)c1. The van der Waals surface area contributed by atoms with Gasteiger partial charge in [0.1, 0.15) is 6.33 Å². The van der Waals surface area contributed by atoms with E-state index in [0.717, 1.165) is 6.42 Å². The number of aromatic nitrogens is 4. The van der Waals surface area contributed by atoms with Gasteiger partial charge in [-0.1, -0.05) is 23.7 Å². The molecule has 1 aromatic carbocycles. The second-order valence-electron chi connectivity index (χ2n) is 6.72. The summed E-state index contributed by atoms with van der Waals surface area (Å²) in [5.41, 5.74) is 1.40. The van der Waals surface area contributed by atoms with Crippen LogP contribution in [0.5, 0.6) is 0 Å². The van der Waals surface area contributed by atoms with E-state index in [1.807, 2.05) is 11.8 Å². The Morgan fingerprint density at radius 2 is 2.11 bits per heavy atom. The molecule has 0 fully saturated rings. The van der Waals surface area contributed by atoms with E-state index in [4.69, 9.17) is 11.6 Å². The minimum atomic E-state index is -0.161. The normalized spacial score (nSPS) is 15.9. The maximum atomic E-state index is 12.8. The first kappa shape index (κ1) is 18.3. The predicted molar refractivity (Wildman–Crippen MR) is 107 cm³/mol. The van der Waals surface area contributed by atoms with Crippen molar-refractivity contribution in [3.8, 4) is 11.4 Å². The van der Waals surface area contributed by atoms with Gasteiger partial charge in [0.15, 0.2) is 5.78 Å². The van der Waals surface area contributed by atoms with E-state index in [9.17, 15) is 9.59 Å². The van der Waals surface area contributed by atoms with Crippen molar-refractivity contribution in [3.05, 3.63) is 69.9 Å². The van der Waals surface area contributed by atoms with Crippen molar-refractivity contribution in [3.63, 3.8) is 0 Å². The zero-order valence-corrected chi connectivity index (χ0v) is 16.0. The summed E-state index contributed by atoms with van der Waals surface area (Å²) in [7, 11) is 0. The predicted octanol–water partition coefficient (Wildman–Crippen LogP) is 2.84. The van der Waals surface area contributed by atoms with Gasteiger partial charge in [0.2, 0.25) is 5.95 Å². The Morgan fingerprint density at radius 3 is 2.86 bits per heavy atom. The molecule has 142 valence electrons. The minimum absolute atomic E-state index is 0.0654. The number of rotatable bonds is 4. The van der Waals surface area contributed by atoms with Crippen LogP contribution in [0.3, 0.4) is 0 Å². The van der Waals surface area contributed by atoms with Crippen molar-refractivity contribution >= 4 is 23.3 Å². The Labute approximate surface area is 166 Å². The smallest absolute Gasteiger partial charge is 0.255 e. The summed E-state index contributed by atoms with van der Waals surface area (Å²) in [6, 6.07) is 10.1. The van der Waals surface area contributed by atoms with Crippen molar-refractivity contribution < 1.29 is 4.79 Å². The number of ketones is 1. The monoisotopic (exact) mass is 395 g/mol. The first-order valence-electron chi connectivity index (χ1n) is 8.96. The van der Waals surface area contributed by atoms with Crippen LogP contribution in [0.1, 0.15) is 23.7 Å². The number of carbonyl (C=O) groups is 1. The van der Waals surface area contributed by atoms with Crippen molar-refractivity contribution in [2.45, 2.75) is 25.9 Å². The molecule has 0 radical (unpaired) electrons. The first-order valence-corrected chi connectivity index (χ1v) is 9.34. The lowest BCUT2D eigenvalue weighted by atomic mass is 10.1. The van der Waals surface area contributed by atoms with E-state index in [-0.39, 0.29) is 23.9 Å². The molecule has 3 aromatic rings. The summed E-state index contributed by atoms with van der Waals surface area (Å²) >= 11 is 6.02. The third-order valence-corrected chi connectivity index (χ3v) is 5.09. The molecule has 0 aliphatic carbocycles. The lowest BCUT2D eigenvalue weighted by Crippen LogP contribution is -2.46. The number of anilines is 1. The second kappa shape index (κ2) is 7.52. The van der Waals surface area contributed by atoms with Crippen LogP contribution in [0.2, 0.25) is 5.02 Å². The zero-order valence-electron chi connectivity index (χ0n) is 15.2. The zero-order chi connectivity index (χ0) is 19.7. The van der Waals surface area contributed by atoms with Crippen LogP contribution < -0.4 is 10.5 Å². The molecular weight excluding hydrogens is 378 g/mol. The fourth-order valence-electron chi connectivity index (χ4n) is 3.30. The van der Waals surface area contributed by atoms with Gasteiger partial charge in [-0.2, -0.15) is 0 Å². The molecule has 1 unspecified atom stereocenters. The summed E-state index contributed by atoms with van der Waals surface area (Å²) in [4.78, 5) is 40.1. The molecule has 0 bridgehead atoms. The largest absolute Gasteiger partial charge is 0.332 e. The summed E-state index contributed by atoms with van der Waals surface area (Å²) in [6.45, 7) is 2.70. The van der Waals surface area contributed by atoms with E-state index in [1.165, 1.54) is 12.4 Å². The molecule has 2 aromatic heterocycles. The highest BCUT2D eigenvalue weighted by Crippen LogP contribution is 2.25. The molecule has 3 heterocycles. The fourth-order valence-corrected chi connectivity index (χ4v) is 3.49. The summed E-state index contributed by atoms with van der Waals surface area (Å²) in [5.74, 6) is 0.403. The molecule has 4 rings (SSSR count). The highest BCUT2D eigenvalue weighted by molar-refractivity contribution is 6.31. The molecule has 7 nitrogen and oxygen atoms in total. The van der Waals surface area contributed by atoms with E-state index in [1.54, 1.807) is 41.1 Å². The van der Waals surface area contributed by atoms with Crippen LogP contribution >= 0.6 is 11.6 Å². The molecule has 1 atom stereocenters. The summed E-state index contributed by atoms with van der Waals surface area (Å²) < 4.78 is 1.61. The van der Waals surface area contributed by atoms with Gasteiger partial charge in [-0.05, 0) is 31.5 Å². The molecule has 0 saturated heterocycles. The van der Waals surface area contributed by atoms with Crippen molar-refractivity contribution in [2.75, 3.05) is 11.4 Å². The highest BCUT2D eigenvalue weighted by atomic mass is 35.5.